The molecule has 0 aliphatic carbocycles. The molecule has 1 saturated heterocycles. The standard InChI is InChI=1S/C12H17N3O4/c13-14-12-2-1-10(15(16)17)7-9(12)8-19-11-3-5-18-6-4-11/h1-2,7,11,14H,3-6,8,13H2. The third-order valence-electron chi connectivity index (χ3n) is 3.10. The molecule has 1 aliphatic heterocycles. The summed E-state index contributed by atoms with van der Waals surface area (Å²) < 4.78 is 11.0. The molecule has 0 aromatic heterocycles. The molecular formula is C12H17N3O4. The lowest BCUT2D eigenvalue weighted by Gasteiger charge is -2.22. The van der Waals surface area contributed by atoms with Crippen molar-refractivity contribution in [3.8, 4) is 0 Å². The molecule has 0 bridgehead atoms. The molecule has 0 radical (unpaired) electrons. The number of nitro benzene ring substituents is 1. The van der Waals surface area contributed by atoms with E-state index >= 15 is 0 Å². The highest BCUT2D eigenvalue weighted by Gasteiger charge is 2.16. The molecular weight excluding hydrogens is 250 g/mol. The number of nitro groups is 1. The molecule has 1 aromatic rings. The van der Waals surface area contributed by atoms with Gasteiger partial charge in [-0.05, 0) is 18.9 Å². The van der Waals surface area contributed by atoms with Gasteiger partial charge < -0.3 is 14.9 Å². The van der Waals surface area contributed by atoms with Gasteiger partial charge >= 0.3 is 0 Å². The highest BCUT2D eigenvalue weighted by Crippen LogP contribution is 2.23. The summed E-state index contributed by atoms with van der Waals surface area (Å²) in [7, 11) is 0. The summed E-state index contributed by atoms with van der Waals surface area (Å²) in [6.07, 6.45) is 1.83. The van der Waals surface area contributed by atoms with Crippen LogP contribution in [0.25, 0.3) is 0 Å². The van der Waals surface area contributed by atoms with Gasteiger partial charge in [-0.3, -0.25) is 16.0 Å². The number of benzene rings is 1. The normalized spacial score (nSPS) is 16.3. The zero-order valence-electron chi connectivity index (χ0n) is 10.5. The van der Waals surface area contributed by atoms with Crippen LogP contribution in [0.1, 0.15) is 18.4 Å². The van der Waals surface area contributed by atoms with Crippen molar-refractivity contribution in [2.24, 2.45) is 5.84 Å². The zero-order valence-corrected chi connectivity index (χ0v) is 10.5. The maximum atomic E-state index is 10.8. The van der Waals surface area contributed by atoms with E-state index in [1.807, 2.05) is 0 Å². The summed E-state index contributed by atoms with van der Waals surface area (Å²) in [4.78, 5) is 10.3. The molecule has 0 unspecified atom stereocenters. The number of nitrogen functional groups attached to an aromatic ring is 1. The van der Waals surface area contributed by atoms with Crippen molar-refractivity contribution < 1.29 is 14.4 Å². The van der Waals surface area contributed by atoms with Crippen molar-refractivity contribution in [3.63, 3.8) is 0 Å². The van der Waals surface area contributed by atoms with Crippen LogP contribution >= 0.6 is 0 Å². The summed E-state index contributed by atoms with van der Waals surface area (Å²) in [6, 6.07) is 4.47. The van der Waals surface area contributed by atoms with E-state index < -0.39 is 4.92 Å². The first-order valence-electron chi connectivity index (χ1n) is 6.14. The lowest BCUT2D eigenvalue weighted by Crippen LogP contribution is -2.23. The van der Waals surface area contributed by atoms with E-state index in [0.29, 0.717) is 31.1 Å². The summed E-state index contributed by atoms with van der Waals surface area (Å²) in [6.45, 7) is 1.69. The molecule has 0 atom stereocenters. The molecule has 3 N–H and O–H groups in total. The molecule has 1 aromatic carbocycles. The van der Waals surface area contributed by atoms with Crippen LogP contribution in [0.2, 0.25) is 0 Å². The number of ether oxygens (including phenoxy) is 2. The van der Waals surface area contributed by atoms with Gasteiger partial charge in [0.1, 0.15) is 0 Å². The number of nitrogens with zero attached hydrogens (tertiary/aromatic N) is 1. The smallest absolute Gasteiger partial charge is 0.269 e. The second kappa shape index (κ2) is 6.46. The van der Waals surface area contributed by atoms with Crippen LogP contribution < -0.4 is 11.3 Å². The Morgan fingerprint density at radius 3 is 2.84 bits per heavy atom. The van der Waals surface area contributed by atoms with Gasteiger partial charge in [-0.15, -0.1) is 0 Å². The molecule has 1 heterocycles. The van der Waals surface area contributed by atoms with Gasteiger partial charge in [0, 0.05) is 30.9 Å². The Hall–Kier alpha value is -1.70. The van der Waals surface area contributed by atoms with Gasteiger partial charge in [0.2, 0.25) is 0 Å². The summed E-state index contributed by atoms with van der Waals surface area (Å²) >= 11 is 0. The number of rotatable bonds is 5. The summed E-state index contributed by atoms with van der Waals surface area (Å²) in [5.74, 6) is 5.39. The third kappa shape index (κ3) is 3.63. The van der Waals surface area contributed by atoms with Gasteiger partial charge in [0.15, 0.2) is 0 Å². The zero-order chi connectivity index (χ0) is 13.7. The molecule has 1 aliphatic rings. The van der Waals surface area contributed by atoms with E-state index in [0.717, 1.165) is 12.8 Å². The highest BCUT2D eigenvalue weighted by atomic mass is 16.6. The monoisotopic (exact) mass is 267 g/mol. The lowest BCUT2D eigenvalue weighted by atomic mass is 10.1. The number of hydrogen-bond acceptors (Lipinski definition) is 6. The van der Waals surface area contributed by atoms with E-state index in [4.69, 9.17) is 15.3 Å². The molecule has 19 heavy (non-hydrogen) atoms. The van der Waals surface area contributed by atoms with Crippen LogP contribution in [-0.4, -0.2) is 24.2 Å². The van der Waals surface area contributed by atoms with Crippen molar-refractivity contribution in [2.45, 2.75) is 25.6 Å². The molecule has 0 spiro atoms. The Bertz CT molecular complexity index is 447. The Balaban J connectivity index is 2.04. The van der Waals surface area contributed by atoms with Crippen molar-refractivity contribution in [1.29, 1.82) is 0 Å². The molecule has 7 heteroatoms. The second-order valence-electron chi connectivity index (χ2n) is 4.37. The summed E-state index contributed by atoms with van der Waals surface area (Å²) in [5.41, 5.74) is 3.87. The number of nitrogens with two attached hydrogens (primary N) is 1. The van der Waals surface area contributed by atoms with Crippen molar-refractivity contribution >= 4 is 11.4 Å². The van der Waals surface area contributed by atoms with E-state index in [-0.39, 0.29) is 11.8 Å². The van der Waals surface area contributed by atoms with Gasteiger partial charge in [-0.25, -0.2) is 0 Å². The van der Waals surface area contributed by atoms with Crippen LogP contribution in [-0.2, 0) is 16.1 Å². The fraction of sp³-hybridized carbons (Fsp3) is 0.500. The fourth-order valence-electron chi connectivity index (χ4n) is 2.00. The quantitative estimate of drug-likeness (QED) is 0.477. The SMILES string of the molecule is NNc1ccc([N+](=O)[O-])cc1COC1CCOCC1. The van der Waals surface area contributed by atoms with Crippen LogP contribution in [0, 0.1) is 10.1 Å². The number of anilines is 1. The van der Waals surface area contributed by atoms with Crippen LogP contribution in [0.4, 0.5) is 11.4 Å². The fourth-order valence-corrected chi connectivity index (χ4v) is 2.00. The second-order valence-corrected chi connectivity index (χ2v) is 4.37. The van der Waals surface area contributed by atoms with Gasteiger partial charge in [0.25, 0.3) is 5.69 Å². The minimum absolute atomic E-state index is 0.0320. The Kier molecular flexibility index (Phi) is 4.67. The predicted molar refractivity (Wildman–Crippen MR) is 69.5 cm³/mol. The average Bonchev–Trinajstić information content (AvgIpc) is 2.45. The average molecular weight is 267 g/mol. The van der Waals surface area contributed by atoms with E-state index in [9.17, 15) is 10.1 Å². The Labute approximate surface area is 110 Å². The van der Waals surface area contributed by atoms with Crippen molar-refractivity contribution in [2.75, 3.05) is 18.6 Å². The highest BCUT2D eigenvalue weighted by molar-refractivity contribution is 5.55. The van der Waals surface area contributed by atoms with Crippen LogP contribution in [0.5, 0.6) is 0 Å². The molecule has 0 saturated carbocycles. The Morgan fingerprint density at radius 1 is 1.47 bits per heavy atom. The van der Waals surface area contributed by atoms with Gasteiger partial charge in [-0.2, -0.15) is 0 Å². The van der Waals surface area contributed by atoms with Gasteiger partial charge in [0.05, 0.1) is 23.3 Å². The maximum absolute atomic E-state index is 10.8. The number of non-ortho nitro benzene ring substituents is 1. The van der Waals surface area contributed by atoms with Gasteiger partial charge in [-0.1, -0.05) is 0 Å². The number of hydrazine groups is 1. The molecule has 7 nitrogen and oxygen atoms in total. The third-order valence-corrected chi connectivity index (χ3v) is 3.10. The molecule has 104 valence electrons. The minimum atomic E-state index is -0.432. The van der Waals surface area contributed by atoms with Crippen molar-refractivity contribution in [3.05, 3.63) is 33.9 Å². The topological polar surface area (TPSA) is 99.7 Å². The molecule has 1 fully saturated rings. The van der Waals surface area contributed by atoms with Crippen LogP contribution in [0.15, 0.2) is 18.2 Å². The molecule has 2 rings (SSSR count). The number of nitrogens with one attached hydrogen (secondary N) is 1. The first kappa shape index (κ1) is 13.7. The molecule has 0 amide bonds. The van der Waals surface area contributed by atoms with E-state index in [1.165, 1.54) is 12.1 Å². The van der Waals surface area contributed by atoms with Crippen molar-refractivity contribution in [1.82, 2.24) is 0 Å². The maximum Gasteiger partial charge on any atom is 0.269 e. The first-order valence-corrected chi connectivity index (χ1v) is 6.14. The lowest BCUT2D eigenvalue weighted by molar-refractivity contribution is -0.384. The Morgan fingerprint density at radius 2 is 2.21 bits per heavy atom. The van der Waals surface area contributed by atoms with E-state index in [1.54, 1.807) is 6.07 Å². The first-order chi connectivity index (χ1) is 9.20. The summed E-state index contributed by atoms with van der Waals surface area (Å²) in [5, 5.41) is 10.8. The number of hydrogen-bond donors (Lipinski definition) is 2. The van der Waals surface area contributed by atoms with E-state index in [2.05, 4.69) is 5.43 Å². The minimum Gasteiger partial charge on any atom is -0.381 e. The van der Waals surface area contributed by atoms with Crippen LogP contribution in [0.3, 0.4) is 0 Å². The predicted octanol–water partition coefficient (Wildman–Crippen LogP) is 1.58. The largest absolute Gasteiger partial charge is 0.381 e.